The Morgan fingerprint density at radius 2 is 2.07 bits per heavy atom. The predicted octanol–water partition coefficient (Wildman–Crippen LogP) is 2.54. The van der Waals surface area contributed by atoms with Crippen molar-refractivity contribution in [2.75, 3.05) is 19.8 Å². The van der Waals surface area contributed by atoms with Crippen LogP contribution in [0.4, 0.5) is 4.79 Å². The molecule has 1 fully saturated rings. The van der Waals surface area contributed by atoms with Crippen molar-refractivity contribution in [3.8, 4) is 22.6 Å². The lowest BCUT2D eigenvalue weighted by atomic mass is 10.0. The Labute approximate surface area is 160 Å². The van der Waals surface area contributed by atoms with Crippen molar-refractivity contribution in [3.63, 3.8) is 0 Å². The summed E-state index contributed by atoms with van der Waals surface area (Å²) in [5, 5.41) is 13.5. The summed E-state index contributed by atoms with van der Waals surface area (Å²) >= 11 is 6.07. The van der Waals surface area contributed by atoms with E-state index in [1.54, 1.807) is 23.1 Å². The molecule has 1 atom stereocenters. The van der Waals surface area contributed by atoms with Crippen LogP contribution in [-0.4, -0.2) is 47.8 Å². The molecule has 0 aromatic heterocycles. The van der Waals surface area contributed by atoms with Gasteiger partial charge in [0, 0.05) is 17.1 Å². The molecule has 2 aliphatic rings. The number of hydrogen-bond acceptors (Lipinski definition) is 5. The summed E-state index contributed by atoms with van der Waals surface area (Å²) in [5.41, 5.74) is 2.30. The van der Waals surface area contributed by atoms with Gasteiger partial charge in [-0.05, 0) is 35.4 Å². The van der Waals surface area contributed by atoms with Crippen molar-refractivity contribution in [2.24, 2.45) is 0 Å². The van der Waals surface area contributed by atoms with E-state index in [0.717, 1.165) is 11.1 Å². The summed E-state index contributed by atoms with van der Waals surface area (Å²) in [7, 11) is 0. The Kier molecular flexibility index (Phi) is 4.53. The van der Waals surface area contributed by atoms with Gasteiger partial charge >= 0.3 is 6.09 Å². The normalized spacial score (nSPS) is 18.8. The third-order valence-corrected chi connectivity index (χ3v) is 4.79. The molecule has 140 valence electrons. The molecule has 1 unspecified atom stereocenters. The van der Waals surface area contributed by atoms with E-state index in [1.807, 2.05) is 18.2 Å². The van der Waals surface area contributed by atoms with E-state index in [1.165, 1.54) is 0 Å². The lowest BCUT2D eigenvalue weighted by molar-refractivity contribution is -0.133. The molecule has 7 nitrogen and oxygen atoms in total. The maximum atomic E-state index is 12.7. The minimum Gasteiger partial charge on any atom is -0.504 e. The number of nitrogens with zero attached hydrogens (tertiary/aromatic N) is 1. The Bertz CT molecular complexity index is 917. The van der Waals surface area contributed by atoms with Gasteiger partial charge in [-0.1, -0.05) is 23.7 Å². The number of phenolic OH excluding ortho intramolecular Hbond substituents is 1. The lowest BCUT2D eigenvalue weighted by Gasteiger charge is -2.22. The largest absolute Gasteiger partial charge is 0.504 e. The number of phenols is 1. The number of rotatable bonds is 2. The van der Waals surface area contributed by atoms with Gasteiger partial charge < -0.3 is 24.8 Å². The minimum atomic E-state index is -0.705. The number of amides is 2. The molecule has 2 N–H and O–H groups in total. The van der Waals surface area contributed by atoms with Crippen LogP contribution < -0.4 is 10.1 Å². The number of hydrogen-bond donors (Lipinski definition) is 2. The van der Waals surface area contributed by atoms with E-state index in [0.29, 0.717) is 22.9 Å². The number of ether oxygens (including phenoxy) is 2. The molecule has 1 saturated heterocycles. The number of carbonyl (C=O) groups is 2. The topological polar surface area (TPSA) is 88.1 Å². The van der Waals surface area contributed by atoms with E-state index >= 15 is 0 Å². The van der Waals surface area contributed by atoms with Gasteiger partial charge in [0.1, 0.15) is 19.3 Å². The molecule has 2 heterocycles. The van der Waals surface area contributed by atoms with E-state index in [2.05, 4.69) is 5.32 Å². The Hall–Kier alpha value is -2.93. The quantitative estimate of drug-likeness (QED) is 0.825. The molecule has 4 rings (SSSR count). The number of carbonyl (C=O) groups excluding carboxylic acids is 2. The molecule has 2 aromatic carbocycles. The molecule has 2 aromatic rings. The van der Waals surface area contributed by atoms with Gasteiger partial charge in [-0.3, -0.25) is 4.79 Å². The first-order valence-corrected chi connectivity index (χ1v) is 8.86. The Morgan fingerprint density at radius 1 is 1.22 bits per heavy atom. The molecular formula is C19H17ClN2O5. The van der Waals surface area contributed by atoms with Crippen LogP contribution in [0.1, 0.15) is 5.56 Å². The van der Waals surface area contributed by atoms with E-state index in [-0.39, 0.29) is 31.4 Å². The predicted molar refractivity (Wildman–Crippen MR) is 97.7 cm³/mol. The third kappa shape index (κ3) is 3.50. The lowest BCUT2D eigenvalue weighted by Crippen LogP contribution is -2.45. The highest BCUT2D eigenvalue weighted by molar-refractivity contribution is 6.30. The molecule has 0 saturated carbocycles. The van der Waals surface area contributed by atoms with Crippen LogP contribution in [0.25, 0.3) is 11.1 Å². The minimum absolute atomic E-state index is 0.00859. The number of fused-ring (bicyclic) bond motifs is 1. The van der Waals surface area contributed by atoms with Crippen LogP contribution in [0.2, 0.25) is 5.02 Å². The monoisotopic (exact) mass is 388 g/mol. The summed E-state index contributed by atoms with van der Waals surface area (Å²) in [6.07, 6.45) is -0.597. The van der Waals surface area contributed by atoms with Crippen LogP contribution in [0, 0.1) is 0 Å². The van der Waals surface area contributed by atoms with Crippen molar-refractivity contribution in [1.29, 1.82) is 0 Å². The first-order chi connectivity index (χ1) is 13.0. The zero-order chi connectivity index (χ0) is 19.0. The number of nitrogens with one attached hydrogen (secondary N) is 1. The average molecular weight is 389 g/mol. The summed E-state index contributed by atoms with van der Waals surface area (Å²) in [6.45, 7) is 0.842. The third-order valence-electron chi connectivity index (χ3n) is 4.56. The van der Waals surface area contributed by atoms with Crippen molar-refractivity contribution in [3.05, 3.63) is 47.0 Å². The highest BCUT2D eigenvalue weighted by Gasteiger charge is 2.33. The number of halogens is 1. The molecule has 0 bridgehead atoms. The first-order valence-electron chi connectivity index (χ1n) is 8.48. The summed E-state index contributed by atoms with van der Waals surface area (Å²) in [4.78, 5) is 25.5. The summed E-state index contributed by atoms with van der Waals surface area (Å²) in [6, 6.07) is 10.1. The molecule has 0 aliphatic carbocycles. The molecule has 0 radical (unpaired) electrons. The highest BCUT2D eigenvalue weighted by atomic mass is 35.5. The second-order valence-electron chi connectivity index (χ2n) is 6.40. The number of benzene rings is 2. The van der Waals surface area contributed by atoms with Crippen LogP contribution >= 0.6 is 11.6 Å². The second kappa shape index (κ2) is 7.00. The van der Waals surface area contributed by atoms with Crippen molar-refractivity contribution >= 4 is 23.6 Å². The molecule has 2 amide bonds. The highest BCUT2D eigenvalue weighted by Crippen LogP contribution is 2.38. The van der Waals surface area contributed by atoms with Crippen molar-refractivity contribution < 1.29 is 24.2 Å². The zero-order valence-electron chi connectivity index (χ0n) is 14.3. The number of aromatic hydroxyl groups is 1. The fourth-order valence-electron chi connectivity index (χ4n) is 3.26. The summed E-state index contributed by atoms with van der Waals surface area (Å²) < 4.78 is 10.5. The van der Waals surface area contributed by atoms with E-state index < -0.39 is 12.1 Å². The molecule has 2 aliphatic heterocycles. The molecule has 0 spiro atoms. The first kappa shape index (κ1) is 17.5. The number of cyclic esters (lactones) is 1. The average Bonchev–Trinajstić information content (AvgIpc) is 2.96. The van der Waals surface area contributed by atoms with Gasteiger partial charge in [0.05, 0.1) is 6.54 Å². The maximum absolute atomic E-state index is 12.7. The standard InChI is InChI=1S/C19H17ClN2O5/c20-14-3-1-2-11(7-14)12-6-13-9-22(4-5-26-17(13)16(23)8-12)18(24)15-10-27-19(25)21-15/h1-3,6-8,15,23H,4-5,9-10H2,(H,21,25). The van der Waals surface area contributed by atoms with E-state index in [4.69, 9.17) is 21.1 Å². The SMILES string of the molecule is O=C1NC(C(=O)N2CCOc3c(O)cc(-c4cccc(Cl)c4)cc3C2)CO1. The number of alkyl carbamates (subject to hydrolysis) is 1. The van der Waals surface area contributed by atoms with Crippen LogP contribution in [0.5, 0.6) is 11.5 Å². The van der Waals surface area contributed by atoms with Gasteiger partial charge in [-0.25, -0.2) is 4.79 Å². The fourth-order valence-corrected chi connectivity index (χ4v) is 3.45. The second-order valence-corrected chi connectivity index (χ2v) is 6.83. The Balaban J connectivity index is 1.65. The van der Waals surface area contributed by atoms with Crippen molar-refractivity contribution in [1.82, 2.24) is 10.2 Å². The van der Waals surface area contributed by atoms with Gasteiger partial charge in [-0.15, -0.1) is 0 Å². The molecular weight excluding hydrogens is 372 g/mol. The smallest absolute Gasteiger partial charge is 0.407 e. The maximum Gasteiger partial charge on any atom is 0.407 e. The van der Waals surface area contributed by atoms with Crippen LogP contribution in [-0.2, 0) is 16.1 Å². The van der Waals surface area contributed by atoms with E-state index in [9.17, 15) is 14.7 Å². The Morgan fingerprint density at radius 3 is 2.81 bits per heavy atom. The van der Waals surface area contributed by atoms with Crippen LogP contribution in [0.3, 0.4) is 0 Å². The fraction of sp³-hybridized carbons (Fsp3) is 0.263. The van der Waals surface area contributed by atoms with Gasteiger partial charge in [0.15, 0.2) is 11.5 Å². The van der Waals surface area contributed by atoms with Crippen molar-refractivity contribution in [2.45, 2.75) is 12.6 Å². The van der Waals surface area contributed by atoms with Gasteiger partial charge in [0.2, 0.25) is 5.91 Å². The molecule has 27 heavy (non-hydrogen) atoms. The van der Waals surface area contributed by atoms with Gasteiger partial charge in [0.25, 0.3) is 0 Å². The zero-order valence-corrected chi connectivity index (χ0v) is 15.0. The summed E-state index contributed by atoms with van der Waals surface area (Å²) in [5.74, 6) is 0.127. The van der Waals surface area contributed by atoms with Crippen LogP contribution in [0.15, 0.2) is 36.4 Å². The molecule has 8 heteroatoms. The van der Waals surface area contributed by atoms with Gasteiger partial charge in [-0.2, -0.15) is 0 Å².